The zero-order chi connectivity index (χ0) is 22.2. The zero-order valence-electron chi connectivity index (χ0n) is 19.1. The normalized spacial score (nSPS) is 13.8. The molecule has 0 aromatic heterocycles. The van der Waals surface area contributed by atoms with Crippen molar-refractivity contribution in [2.75, 3.05) is 32.8 Å². The van der Waals surface area contributed by atoms with Gasteiger partial charge in [0.15, 0.2) is 0 Å². The molecule has 0 spiro atoms. The van der Waals surface area contributed by atoms with Gasteiger partial charge in [0, 0.05) is 11.9 Å². The Morgan fingerprint density at radius 1 is 0.909 bits per heavy atom. The number of benzene rings is 3. The van der Waals surface area contributed by atoms with E-state index in [0.29, 0.717) is 31.1 Å². The highest BCUT2D eigenvalue weighted by molar-refractivity contribution is 6.00. The van der Waals surface area contributed by atoms with E-state index < -0.39 is 0 Å². The number of rotatable bonds is 9. The molecule has 0 atom stereocenters. The van der Waals surface area contributed by atoms with Gasteiger partial charge in [0.05, 0.1) is 6.61 Å². The van der Waals surface area contributed by atoms with Crippen LogP contribution in [0.2, 0.25) is 0 Å². The third-order valence-corrected chi connectivity index (χ3v) is 5.79. The van der Waals surface area contributed by atoms with Crippen LogP contribution in [0.1, 0.15) is 42.1 Å². The average molecular weight is 470 g/mol. The number of esters is 1. The average Bonchev–Trinajstić information content (AvgIpc) is 2.84. The number of carbonyl (C=O) groups is 1. The van der Waals surface area contributed by atoms with Gasteiger partial charge in [-0.05, 0) is 62.0 Å². The second-order valence-electron chi connectivity index (χ2n) is 8.07. The molecule has 0 radical (unpaired) electrons. The second-order valence-corrected chi connectivity index (χ2v) is 8.07. The molecule has 3 aromatic rings. The molecule has 176 valence electrons. The molecule has 5 nitrogen and oxygen atoms in total. The Balaban J connectivity index is 0.00000306. The summed E-state index contributed by atoms with van der Waals surface area (Å²) >= 11 is 0. The molecule has 1 aliphatic heterocycles. The van der Waals surface area contributed by atoms with E-state index in [0.717, 1.165) is 41.7 Å². The molecule has 1 heterocycles. The molecule has 1 aliphatic rings. The monoisotopic (exact) mass is 469 g/mol. The smallest absolute Gasteiger partial charge is 0.341 e. The zero-order valence-corrected chi connectivity index (χ0v) is 19.9. The molecule has 6 heteroatoms. The lowest BCUT2D eigenvalue weighted by Crippen LogP contribution is -2.33. The van der Waals surface area contributed by atoms with Gasteiger partial charge in [-0.15, -0.1) is 12.4 Å². The van der Waals surface area contributed by atoms with Gasteiger partial charge in [0.1, 0.15) is 30.3 Å². The Bertz CT molecular complexity index is 1030. The molecular formula is C27H32ClNO4. The topological polar surface area (TPSA) is 48.0 Å². The predicted octanol–water partition coefficient (Wildman–Crippen LogP) is 5.88. The molecule has 0 bridgehead atoms. The maximum absolute atomic E-state index is 12.6. The van der Waals surface area contributed by atoms with Crippen LogP contribution in [-0.4, -0.2) is 43.7 Å². The number of hydrogen-bond donors (Lipinski definition) is 0. The van der Waals surface area contributed by atoms with Gasteiger partial charge in [-0.25, -0.2) is 4.79 Å². The first-order valence-electron chi connectivity index (χ1n) is 11.5. The van der Waals surface area contributed by atoms with E-state index in [1.165, 1.54) is 19.3 Å². The van der Waals surface area contributed by atoms with Crippen LogP contribution in [0.5, 0.6) is 11.5 Å². The third kappa shape index (κ3) is 6.62. The summed E-state index contributed by atoms with van der Waals surface area (Å²) in [6, 6.07) is 19.7. The first-order chi connectivity index (χ1) is 15.7. The van der Waals surface area contributed by atoms with Crippen LogP contribution in [0.4, 0.5) is 0 Å². The van der Waals surface area contributed by atoms with Gasteiger partial charge in [-0.1, -0.05) is 48.9 Å². The molecular weight excluding hydrogens is 438 g/mol. The van der Waals surface area contributed by atoms with Crippen LogP contribution in [-0.2, 0) is 11.3 Å². The molecule has 1 fully saturated rings. The van der Waals surface area contributed by atoms with Gasteiger partial charge in [-0.3, -0.25) is 4.90 Å². The Labute approximate surface area is 202 Å². The fourth-order valence-electron chi connectivity index (χ4n) is 4.09. The fourth-order valence-corrected chi connectivity index (χ4v) is 4.09. The molecule has 4 rings (SSSR count). The minimum atomic E-state index is -0.363. The largest absolute Gasteiger partial charge is 0.491 e. The van der Waals surface area contributed by atoms with E-state index in [-0.39, 0.29) is 18.4 Å². The van der Waals surface area contributed by atoms with Gasteiger partial charge in [-0.2, -0.15) is 0 Å². The van der Waals surface area contributed by atoms with E-state index >= 15 is 0 Å². The van der Waals surface area contributed by atoms with Crippen molar-refractivity contribution < 1.29 is 19.0 Å². The summed E-state index contributed by atoms with van der Waals surface area (Å²) in [5.41, 5.74) is 1.56. The summed E-state index contributed by atoms with van der Waals surface area (Å²) in [6.07, 6.45) is 3.79. The number of ether oxygens (including phenoxy) is 3. The number of hydrogen-bond acceptors (Lipinski definition) is 5. The minimum absolute atomic E-state index is 0. The predicted molar refractivity (Wildman–Crippen MR) is 134 cm³/mol. The summed E-state index contributed by atoms with van der Waals surface area (Å²) in [5, 5.41) is 1.84. The van der Waals surface area contributed by atoms with E-state index in [1.54, 1.807) is 0 Å². The number of carbonyl (C=O) groups excluding carboxylic acids is 1. The first-order valence-corrected chi connectivity index (χ1v) is 11.5. The van der Waals surface area contributed by atoms with Gasteiger partial charge < -0.3 is 14.2 Å². The Morgan fingerprint density at radius 3 is 2.45 bits per heavy atom. The van der Waals surface area contributed by atoms with Gasteiger partial charge in [0.25, 0.3) is 0 Å². The highest BCUT2D eigenvalue weighted by atomic mass is 35.5. The minimum Gasteiger partial charge on any atom is -0.491 e. The second kappa shape index (κ2) is 12.5. The molecule has 0 saturated carbocycles. The van der Waals surface area contributed by atoms with Crippen LogP contribution in [0.25, 0.3) is 10.8 Å². The van der Waals surface area contributed by atoms with Crippen molar-refractivity contribution in [1.82, 2.24) is 4.90 Å². The van der Waals surface area contributed by atoms with Crippen molar-refractivity contribution in [1.29, 1.82) is 0 Å². The van der Waals surface area contributed by atoms with Crippen molar-refractivity contribution >= 4 is 29.1 Å². The molecule has 0 aliphatic carbocycles. The lowest BCUT2D eigenvalue weighted by Gasteiger charge is -2.26. The molecule has 3 aromatic carbocycles. The van der Waals surface area contributed by atoms with Crippen LogP contribution in [0, 0.1) is 0 Å². The van der Waals surface area contributed by atoms with Gasteiger partial charge in [0.2, 0.25) is 0 Å². The molecule has 33 heavy (non-hydrogen) atoms. The van der Waals surface area contributed by atoms with E-state index in [1.807, 2.05) is 67.6 Å². The van der Waals surface area contributed by atoms with Gasteiger partial charge >= 0.3 is 5.97 Å². The quantitative estimate of drug-likeness (QED) is 0.366. The summed E-state index contributed by atoms with van der Waals surface area (Å²) in [6.45, 7) is 6.23. The highest BCUT2D eigenvalue weighted by Crippen LogP contribution is 2.33. The molecule has 0 amide bonds. The fraction of sp³-hybridized carbons (Fsp3) is 0.370. The van der Waals surface area contributed by atoms with E-state index in [2.05, 4.69) is 4.90 Å². The molecule has 0 N–H and O–H groups in total. The van der Waals surface area contributed by atoms with Crippen molar-refractivity contribution in [2.45, 2.75) is 32.8 Å². The first kappa shape index (κ1) is 24.9. The van der Waals surface area contributed by atoms with Crippen LogP contribution in [0.3, 0.4) is 0 Å². The van der Waals surface area contributed by atoms with Crippen LogP contribution < -0.4 is 9.47 Å². The van der Waals surface area contributed by atoms with Crippen molar-refractivity contribution in [3.05, 3.63) is 71.8 Å². The number of nitrogens with zero attached hydrogens (tertiary/aromatic N) is 1. The maximum atomic E-state index is 12.6. The Morgan fingerprint density at radius 2 is 1.70 bits per heavy atom. The number of fused-ring (bicyclic) bond motifs is 1. The standard InChI is InChI=1S/C27H31NO4.ClH/c1-2-30-27(29)24-18-22-12-9-13-25(32-20-21-10-5-3-6-11-21)23(22)19-26(24)31-17-16-28-14-7-4-8-15-28;/h3,5-6,9-13,18-19H,2,4,7-8,14-17,20H2,1H3;1H. The summed E-state index contributed by atoms with van der Waals surface area (Å²) in [5.74, 6) is 0.948. The molecule has 1 saturated heterocycles. The lowest BCUT2D eigenvalue weighted by atomic mass is 10.0. The number of halogens is 1. The highest BCUT2D eigenvalue weighted by Gasteiger charge is 2.18. The number of likely N-dealkylation sites (tertiary alicyclic amines) is 1. The number of piperidine rings is 1. The van der Waals surface area contributed by atoms with E-state index in [9.17, 15) is 4.79 Å². The summed E-state index contributed by atoms with van der Waals surface area (Å²) in [4.78, 5) is 15.0. The van der Waals surface area contributed by atoms with Crippen molar-refractivity contribution in [3.8, 4) is 11.5 Å². The Hall–Kier alpha value is -2.76. The van der Waals surface area contributed by atoms with E-state index in [4.69, 9.17) is 14.2 Å². The van der Waals surface area contributed by atoms with Crippen molar-refractivity contribution in [2.24, 2.45) is 0 Å². The summed E-state index contributed by atoms with van der Waals surface area (Å²) < 4.78 is 17.6. The SMILES string of the molecule is CCOC(=O)c1cc2cccc(OCc3ccccc3)c2cc1OCCN1CCCCC1.Cl. The maximum Gasteiger partial charge on any atom is 0.341 e. The summed E-state index contributed by atoms with van der Waals surface area (Å²) in [7, 11) is 0. The molecule has 0 unspecified atom stereocenters. The van der Waals surface area contributed by atoms with Crippen LogP contribution >= 0.6 is 12.4 Å². The van der Waals surface area contributed by atoms with Crippen molar-refractivity contribution in [3.63, 3.8) is 0 Å². The van der Waals surface area contributed by atoms with Crippen LogP contribution in [0.15, 0.2) is 60.7 Å². The Kier molecular flexibility index (Phi) is 9.40. The lowest BCUT2D eigenvalue weighted by molar-refractivity contribution is 0.0521. The third-order valence-electron chi connectivity index (χ3n) is 5.79.